The van der Waals surface area contributed by atoms with E-state index >= 15 is 0 Å². The highest BCUT2D eigenvalue weighted by Gasteiger charge is 2.18. The quantitative estimate of drug-likeness (QED) is 0.857. The van der Waals surface area contributed by atoms with Gasteiger partial charge in [0.15, 0.2) is 10.8 Å². The first-order valence-corrected chi connectivity index (χ1v) is 6.29. The molecule has 0 aliphatic rings. The number of nitrogens with zero attached hydrogens (tertiary/aromatic N) is 3. The molecule has 0 atom stereocenters. The third kappa shape index (κ3) is 2.08. The van der Waals surface area contributed by atoms with Crippen molar-refractivity contribution >= 4 is 23.1 Å². The topological polar surface area (TPSA) is 83.0 Å². The molecule has 0 saturated carbocycles. The molecule has 0 aliphatic carbocycles. The van der Waals surface area contributed by atoms with Crippen LogP contribution in [0.25, 0.3) is 5.13 Å². The van der Waals surface area contributed by atoms with Crippen molar-refractivity contribution in [1.29, 1.82) is 0 Å². The molecule has 0 spiro atoms. The van der Waals surface area contributed by atoms with E-state index in [1.165, 1.54) is 24.8 Å². The predicted octanol–water partition coefficient (Wildman–Crippen LogP) is 1.82. The maximum Gasteiger partial charge on any atom is 0.360 e. The van der Waals surface area contributed by atoms with Gasteiger partial charge in [0.05, 0.1) is 12.8 Å². The summed E-state index contributed by atoms with van der Waals surface area (Å²) in [5.74, 6) is 0.0400. The first-order valence-electron chi connectivity index (χ1n) is 5.41. The monoisotopic (exact) mass is 266 g/mol. The van der Waals surface area contributed by atoms with Crippen molar-refractivity contribution in [3.63, 3.8) is 0 Å². The molecule has 2 rings (SSSR count). The number of methoxy groups -OCH3 is 1. The number of rotatable bonds is 3. The number of nitrogens with two attached hydrogens (primary N) is 1. The van der Waals surface area contributed by atoms with E-state index in [1.807, 2.05) is 5.38 Å². The minimum absolute atomic E-state index is 0.110. The Morgan fingerprint density at radius 1 is 1.56 bits per heavy atom. The number of esters is 1. The second-order valence-electron chi connectivity index (χ2n) is 4.05. The minimum atomic E-state index is -0.549. The van der Waals surface area contributed by atoms with E-state index in [-0.39, 0.29) is 11.5 Å². The lowest BCUT2D eigenvalue weighted by Crippen LogP contribution is -2.07. The Balaban J connectivity index is 2.39. The van der Waals surface area contributed by atoms with Gasteiger partial charge in [-0.05, 0) is 5.92 Å². The average molecular weight is 266 g/mol. The summed E-state index contributed by atoms with van der Waals surface area (Å²) in [6, 6.07) is 0. The number of hydrogen-bond donors (Lipinski definition) is 1. The number of ether oxygens (including phenoxy) is 1. The van der Waals surface area contributed by atoms with Crippen molar-refractivity contribution in [2.45, 2.75) is 19.8 Å². The number of thiazole rings is 1. The van der Waals surface area contributed by atoms with Crippen LogP contribution < -0.4 is 5.73 Å². The number of imidazole rings is 1. The molecule has 0 aromatic carbocycles. The molecule has 18 heavy (non-hydrogen) atoms. The molecular formula is C11H14N4O2S. The second kappa shape index (κ2) is 4.77. The summed E-state index contributed by atoms with van der Waals surface area (Å²) in [5, 5.41) is 2.66. The Kier molecular flexibility index (Phi) is 3.33. The predicted molar refractivity (Wildman–Crippen MR) is 69.1 cm³/mol. The van der Waals surface area contributed by atoms with E-state index in [0.29, 0.717) is 11.0 Å². The zero-order chi connectivity index (χ0) is 13.3. The zero-order valence-electron chi connectivity index (χ0n) is 10.4. The lowest BCUT2D eigenvalue weighted by Gasteiger charge is -2.01. The first kappa shape index (κ1) is 12.6. The van der Waals surface area contributed by atoms with Gasteiger partial charge >= 0.3 is 5.97 Å². The molecule has 0 amide bonds. The van der Waals surface area contributed by atoms with Gasteiger partial charge in [0, 0.05) is 5.38 Å². The van der Waals surface area contributed by atoms with Gasteiger partial charge in [-0.25, -0.2) is 14.8 Å². The van der Waals surface area contributed by atoms with E-state index in [1.54, 1.807) is 4.57 Å². The van der Waals surface area contributed by atoms with Crippen LogP contribution in [-0.4, -0.2) is 27.6 Å². The van der Waals surface area contributed by atoms with Crippen LogP contribution in [0.15, 0.2) is 11.7 Å². The molecule has 0 unspecified atom stereocenters. The Bertz CT molecular complexity index is 573. The van der Waals surface area contributed by atoms with E-state index < -0.39 is 5.97 Å². The van der Waals surface area contributed by atoms with Gasteiger partial charge in [-0.1, -0.05) is 13.8 Å². The van der Waals surface area contributed by atoms with E-state index in [0.717, 1.165) is 5.69 Å². The van der Waals surface area contributed by atoms with Crippen LogP contribution in [-0.2, 0) is 4.74 Å². The highest BCUT2D eigenvalue weighted by atomic mass is 32.1. The Morgan fingerprint density at radius 2 is 2.28 bits per heavy atom. The van der Waals surface area contributed by atoms with Gasteiger partial charge in [0.25, 0.3) is 0 Å². The van der Waals surface area contributed by atoms with Gasteiger partial charge in [-0.2, -0.15) is 0 Å². The third-order valence-corrected chi connectivity index (χ3v) is 3.35. The fraction of sp³-hybridized carbons (Fsp3) is 0.364. The first-order chi connectivity index (χ1) is 8.54. The summed E-state index contributed by atoms with van der Waals surface area (Å²) in [6.45, 7) is 4.13. The Labute approximate surface area is 108 Å². The van der Waals surface area contributed by atoms with Gasteiger partial charge in [-0.15, -0.1) is 11.3 Å². The Hall–Kier alpha value is -1.89. The van der Waals surface area contributed by atoms with Crippen LogP contribution in [0, 0.1) is 0 Å². The molecule has 0 aliphatic heterocycles. The SMILES string of the molecule is COC(=O)c1ncn(-c2nc(C(C)C)cs2)c1N. The molecule has 7 heteroatoms. The molecular weight excluding hydrogens is 252 g/mol. The van der Waals surface area contributed by atoms with Crippen molar-refractivity contribution in [2.75, 3.05) is 12.8 Å². The molecule has 2 aromatic heterocycles. The maximum absolute atomic E-state index is 11.4. The fourth-order valence-electron chi connectivity index (χ4n) is 1.42. The van der Waals surface area contributed by atoms with Crippen LogP contribution in [0.3, 0.4) is 0 Å². The lowest BCUT2D eigenvalue weighted by atomic mass is 10.2. The summed E-state index contributed by atoms with van der Waals surface area (Å²) in [4.78, 5) is 19.8. The van der Waals surface area contributed by atoms with Crippen LogP contribution in [0.5, 0.6) is 0 Å². The highest BCUT2D eigenvalue weighted by Crippen LogP contribution is 2.24. The van der Waals surface area contributed by atoms with Crippen molar-refractivity contribution in [1.82, 2.24) is 14.5 Å². The molecule has 0 bridgehead atoms. The summed E-state index contributed by atoms with van der Waals surface area (Å²) in [7, 11) is 1.29. The van der Waals surface area contributed by atoms with E-state index in [9.17, 15) is 4.79 Å². The van der Waals surface area contributed by atoms with Crippen molar-refractivity contribution in [3.8, 4) is 5.13 Å². The second-order valence-corrected chi connectivity index (χ2v) is 4.89. The summed E-state index contributed by atoms with van der Waals surface area (Å²) >= 11 is 1.46. The number of carbonyl (C=O) groups excluding carboxylic acids is 1. The minimum Gasteiger partial charge on any atom is -0.464 e. The largest absolute Gasteiger partial charge is 0.464 e. The van der Waals surface area contributed by atoms with Gasteiger partial charge in [-0.3, -0.25) is 4.57 Å². The summed E-state index contributed by atoms with van der Waals surface area (Å²) in [5.41, 5.74) is 6.96. The molecule has 0 fully saturated rings. The standard InChI is InChI=1S/C11H14N4O2S/c1-6(2)7-4-18-11(14-7)15-5-13-8(9(15)12)10(16)17-3/h4-6H,12H2,1-3H3. The van der Waals surface area contributed by atoms with Gasteiger partial charge in [0.2, 0.25) is 0 Å². The van der Waals surface area contributed by atoms with Crippen molar-refractivity contribution in [3.05, 3.63) is 23.1 Å². The average Bonchev–Trinajstić information content (AvgIpc) is 2.94. The molecule has 2 heterocycles. The maximum atomic E-state index is 11.4. The van der Waals surface area contributed by atoms with Crippen molar-refractivity contribution in [2.24, 2.45) is 0 Å². The number of hydrogen-bond acceptors (Lipinski definition) is 6. The molecule has 0 radical (unpaired) electrons. The molecule has 6 nitrogen and oxygen atoms in total. The smallest absolute Gasteiger partial charge is 0.360 e. The number of aromatic nitrogens is 3. The van der Waals surface area contributed by atoms with Gasteiger partial charge < -0.3 is 10.5 Å². The highest BCUT2D eigenvalue weighted by molar-refractivity contribution is 7.12. The lowest BCUT2D eigenvalue weighted by molar-refractivity contribution is 0.0596. The van der Waals surface area contributed by atoms with E-state index in [2.05, 4.69) is 28.6 Å². The number of carbonyl (C=O) groups is 1. The van der Waals surface area contributed by atoms with Crippen molar-refractivity contribution < 1.29 is 9.53 Å². The molecule has 2 aromatic rings. The normalized spacial score (nSPS) is 10.9. The fourth-order valence-corrected chi connectivity index (χ4v) is 2.38. The Morgan fingerprint density at radius 3 is 2.83 bits per heavy atom. The zero-order valence-corrected chi connectivity index (χ0v) is 11.2. The van der Waals surface area contributed by atoms with Crippen LogP contribution in [0.2, 0.25) is 0 Å². The third-order valence-electron chi connectivity index (χ3n) is 2.49. The number of anilines is 1. The van der Waals surface area contributed by atoms with Crippen LogP contribution in [0.1, 0.15) is 35.9 Å². The van der Waals surface area contributed by atoms with Crippen LogP contribution >= 0.6 is 11.3 Å². The molecule has 96 valence electrons. The van der Waals surface area contributed by atoms with E-state index in [4.69, 9.17) is 5.73 Å². The molecule has 2 N–H and O–H groups in total. The summed E-state index contributed by atoms with van der Waals surface area (Å²) < 4.78 is 6.18. The molecule has 0 saturated heterocycles. The van der Waals surface area contributed by atoms with Crippen LogP contribution in [0.4, 0.5) is 5.82 Å². The summed E-state index contributed by atoms with van der Waals surface area (Å²) in [6.07, 6.45) is 1.48. The van der Waals surface area contributed by atoms with Gasteiger partial charge in [0.1, 0.15) is 12.1 Å². The number of nitrogen functional groups attached to an aromatic ring is 1.